The van der Waals surface area contributed by atoms with Crippen molar-refractivity contribution in [3.63, 3.8) is 0 Å². The molecule has 1 amide bonds. The largest absolute Gasteiger partial charge is 0.481 e. The number of aliphatic carboxylic acids is 1. The Bertz CT molecular complexity index is 482. The van der Waals surface area contributed by atoms with Crippen LogP contribution in [-0.4, -0.2) is 54.4 Å². The maximum atomic E-state index is 11.9. The van der Waals surface area contributed by atoms with Crippen LogP contribution in [-0.2, 0) is 25.4 Å². The number of hydrogen-bond donors (Lipinski definition) is 3. The fourth-order valence-corrected chi connectivity index (χ4v) is 2.69. The number of hydrogen-bond acceptors (Lipinski definition) is 6. The standard InChI is InChI=1S/C12H16BNO6S/c15-11(5-9-2-1-3-21-9)14-10-7-19-6-8(4-12(16)17)20-13(10)18/h1-3,8,10,18H,4-7H2,(H,14,15)(H,16,17)/t8-,10+/m1/s1. The molecule has 1 aliphatic rings. The highest BCUT2D eigenvalue weighted by Crippen LogP contribution is 2.11. The molecule has 9 heteroatoms. The molecule has 114 valence electrons. The Kier molecular flexibility index (Phi) is 5.74. The number of thiophene rings is 1. The predicted octanol–water partition coefficient (Wildman–Crippen LogP) is -0.315. The molecule has 1 aromatic heterocycles. The SMILES string of the molecule is O=C(O)C[C@@H]1COC[C@H](NC(=O)Cc2cccs2)B(O)O1. The van der Waals surface area contributed by atoms with Gasteiger partial charge >= 0.3 is 13.1 Å². The topological polar surface area (TPSA) is 105 Å². The summed E-state index contributed by atoms with van der Waals surface area (Å²) in [6.07, 6.45) is -0.761. The summed E-state index contributed by atoms with van der Waals surface area (Å²) in [5.74, 6) is -1.99. The van der Waals surface area contributed by atoms with Crippen molar-refractivity contribution in [3.8, 4) is 0 Å². The van der Waals surface area contributed by atoms with Crippen molar-refractivity contribution in [2.45, 2.75) is 24.9 Å². The lowest BCUT2D eigenvalue weighted by atomic mass is 9.79. The fourth-order valence-electron chi connectivity index (χ4n) is 1.98. The molecule has 0 bridgehead atoms. The number of carbonyl (C=O) groups is 2. The number of carbonyl (C=O) groups excluding carboxylic acids is 1. The molecule has 0 saturated carbocycles. The highest BCUT2D eigenvalue weighted by Gasteiger charge is 2.35. The summed E-state index contributed by atoms with van der Waals surface area (Å²) in [6, 6.07) is 3.71. The Labute approximate surface area is 126 Å². The molecule has 1 fully saturated rings. The monoisotopic (exact) mass is 313 g/mol. The molecule has 3 N–H and O–H groups in total. The number of carboxylic acid groups (broad SMARTS) is 1. The van der Waals surface area contributed by atoms with Crippen molar-refractivity contribution in [1.82, 2.24) is 5.32 Å². The highest BCUT2D eigenvalue weighted by atomic mass is 32.1. The Hall–Kier alpha value is -1.42. The van der Waals surface area contributed by atoms with Crippen LogP contribution >= 0.6 is 11.3 Å². The lowest BCUT2D eigenvalue weighted by Crippen LogP contribution is -2.50. The van der Waals surface area contributed by atoms with Gasteiger partial charge in [0.2, 0.25) is 5.91 Å². The first-order chi connectivity index (χ1) is 10.0. The lowest BCUT2D eigenvalue weighted by Gasteiger charge is -2.18. The molecule has 7 nitrogen and oxygen atoms in total. The predicted molar refractivity (Wildman–Crippen MR) is 75.9 cm³/mol. The van der Waals surface area contributed by atoms with Gasteiger partial charge < -0.3 is 24.8 Å². The van der Waals surface area contributed by atoms with Gasteiger partial charge in [-0.3, -0.25) is 9.59 Å². The van der Waals surface area contributed by atoms with Crippen LogP contribution < -0.4 is 5.32 Å². The highest BCUT2D eigenvalue weighted by molar-refractivity contribution is 7.10. The molecule has 0 radical (unpaired) electrons. The minimum atomic E-state index is -1.29. The summed E-state index contributed by atoms with van der Waals surface area (Å²) in [5, 5.41) is 23.1. The van der Waals surface area contributed by atoms with Crippen molar-refractivity contribution in [2.75, 3.05) is 13.2 Å². The minimum absolute atomic E-state index is 0.0701. The van der Waals surface area contributed by atoms with Crippen molar-refractivity contribution < 1.29 is 29.1 Å². The van der Waals surface area contributed by atoms with Gasteiger partial charge in [0.1, 0.15) is 0 Å². The molecule has 0 unspecified atom stereocenters. The van der Waals surface area contributed by atoms with E-state index in [4.69, 9.17) is 14.5 Å². The summed E-state index contributed by atoms with van der Waals surface area (Å²) >= 11 is 1.47. The zero-order valence-electron chi connectivity index (χ0n) is 11.2. The van der Waals surface area contributed by atoms with E-state index in [9.17, 15) is 14.6 Å². The van der Waals surface area contributed by atoms with Crippen molar-refractivity contribution >= 4 is 30.3 Å². The molecule has 2 atom stereocenters. The molecular formula is C12H16BNO6S. The fraction of sp³-hybridized carbons (Fsp3) is 0.500. The van der Waals surface area contributed by atoms with Crippen LogP contribution in [0, 0.1) is 0 Å². The van der Waals surface area contributed by atoms with Gasteiger partial charge in [-0.2, -0.15) is 0 Å². The number of rotatable bonds is 5. The zero-order valence-corrected chi connectivity index (χ0v) is 12.0. The Morgan fingerprint density at radius 2 is 2.29 bits per heavy atom. The minimum Gasteiger partial charge on any atom is -0.481 e. The van der Waals surface area contributed by atoms with Crippen molar-refractivity contribution in [3.05, 3.63) is 22.4 Å². The van der Waals surface area contributed by atoms with E-state index in [1.54, 1.807) is 0 Å². The molecule has 2 heterocycles. The van der Waals surface area contributed by atoms with E-state index < -0.39 is 25.1 Å². The number of carboxylic acids is 1. The summed E-state index contributed by atoms with van der Waals surface area (Å²) in [5.41, 5.74) is 0. The normalized spacial score (nSPS) is 22.6. The van der Waals surface area contributed by atoms with Crippen LogP contribution in [0.1, 0.15) is 11.3 Å². The molecule has 0 spiro atoms. The van der Waals surface area contributed by atoms with E-state index in [2.05, 4.69) is 5.32 Å². The van der Waals surface area contributed by atoms with Gasteiger partial charge in [-0.05, 0) is 11.4 Å². The lowest BCUT2D eigenvalue weighted by molar-refractivity contribution is -0.139. The van der Waals surface area contributed by atoms with Gasteiger partial charge in [0.25, 0.3) is 0 Å². The first kappa shape index (κ1) is 16.0. The van der Waals surface area contributed by atoms with Gasteiger partial charge in [-0.15, -0.1) is 11.3 Å². The second-order valence-corrected chi connectivity index (χ2v) is 5.75. The van der Waals surface area contributed by atoms with E-state index in [-0.39, 0.29) is 32.0 Å². The number of amides is 1. The van der Waals surface area contributed by atoms with Crippen LogP contribution in [0.2, 0.25) is 0 Å². The van der Waals surface area contributed by atoms with Gasteiger partial charge in [0, 0.05) is 4.88 Å². The second kappa shape index (κ2) is 7.55. The second-order valence-electron chi connectivity index (χ2n) is 4.71. The van der Waals surface area contributed by atoms with Crippen LogP contribution in [0.25, 0.3) is 0 Å². The van der Waals surface area contributed by atoms with Crippen LogP contribution in [0.5, 0.6) is 0 Å². The van der Waals surface area contributed by atoms with E-state index in [0.717, 1.165) is 4.88 Å². The third kappa shape index (κ3) is 5.12. The van der Waals surface area contributed by atoms with Crippen LogP contribution in [0.4, 0.5) is 0 Å². The zero-order chi connectivity index (χ0) is 15.2. The smallest absolute Gasteiger partial charge is 0.480 e. The number of nitrogens with one attached hydrogen (secondary N) is 1. The molecule has 21 heavy (non-hydrogen) atoms. The molecule has 0 aliphatic carbocycles. The number of ether oxygens (including phenoxy) is 1. The van der Waals surface area contributed by atoms with Crippen LogP contribution in [0.3, 0.4) is 0 Å². The third-order valence-electron chi connectivity index (χ3n) is 2.94. The first-order valence-corrected chi connectivity index (χ1v) is 7.37. The molecule has 1 aromatic rings. The maximum Gasteiger partial charge on any atom is 0.480 e. The maximum absolute atomic E-state index is 11.9. The first-order valence-electron chi connectivity index (χ1n) is 6.49. The quantitative estimate of drug-likeness (QED) is 0.644. The Morgan fingerprint density at radius 1 is 1.48 bits per heavy atom. The van der Waals surface area contributed by atoms with E-state index >= 15 is 0 Å². The average Bonchev–Trinajstić information content (AvgIpc) is 2.83. The summed E-state index contributed by atoms with van der Waals surface area (Å²) in [7, 11) is -1.29. The van der Waals surface area contributed by atoms with E-state index in [1.165, 1.54) is 11.3 Å². The molecule has 1 aliphatic heterocycles. The average molecular weight is 313 g/mol. The third-order valence-corrected chi connectivity index (χ3v) is 3.82. The van der Waals surface area contributed by atoms with E-state index in [1.807, 2.05) is 17.5 Å². The van der Waals surface area contributed by atoms with Gasteiger partial charge in [0.15, 0.2) is 0 Å². The van der Waals surface area contributed by atoms with Gasteiger partial charge in [-0.1, -0.05) is 6.07 Å². The van der Waals surface area contributed by atoms with Crippen LogP contribution in [0.15, 0.2) is 17.5 Å². The molecular weight excluding hydrogens is 297 g/mol. The van der Waals surface area contributed by atoms with Crippen molar-refractivity contribution in [1.29, 1.82) is 0 Å². The summed E-state index contributed by atoms with van der Waals surface area (Å²) in [6.45, 7) is 0.147. The summed E-state index contributed by atoms with van der Waals surface area (Å²) < 4.78 is 10.5. The molecule has 1 saturated heterocycles. The Balaban J connectivity index is 1.85. The van der Waals surface area contributed by atoms with Gasteiger partial charge in [0.05, 0.1) is 38.1 Å². The van der Waals surface area contributed by atoms with Crippen molar-refractivity contribution in [2.24, 2.45) is 0 Å². The Morgan fingerprint density at radius 3 is 2.95 bits per heavy atom. The van der Waals surface area contributed by atoms with E-state index in [0.29, 0.717) is 0 Å². The molecule has 2 rings (SSSR count). The van der Waals surface area contributed by atoms with Gasteiger partial charge in [-0.25, -0.2) is 0 Å². The summed E-state index contributed by atoms with van der Waals surface area (Å²) in [4.78, 5) is 23.4. The molecule has 0 aromatic carbocycles.